The molecule has 196 valence electrons. The Hall–Kier alpha value is -4.89. The van der Waals surface area contributed by atoms with Crippen LogP contribution in [0.5, 0.6) is 0 Å². The van der Waals surface area contributed by atoms with E-state index in [1.54, 1.807) is 36.4 Å². The van der Waals surface area contributed by atoms with Crippen molar-refractivity contribution in [3.63, 3.8) is 0 Å². The minimum atomic E-state index is -4.21. The molecule has 0 heterocycles. The molecule has 0 aliphatic carbocycles. The molecule has 4 rings (SSSR count). The Bertz CT molecular complexity index is 1520. The van der Waals surface area contributed by atoms with Gasteiger partial charge in [0.05, 0.1) is 9.85 Å². The molecular weight excluding hydrogens is 516 g/mol. The maximum Gasteiger partial charge on any atom is 0.269 e. The second-order valence-electron chi connectivity index (χ2n) is 8.67. The van der Waals surface area contributed by atoms with Gasteiger partial charge < -0.3 is 0 Å². The summed E-state index contributed by atoms with van der Waals surface area (Å²) in [5.74, 6) is 0. The van der Waals surface area contributed by atoms with Gasteiger partial charge in [-0.1, -0.05) is 109 Å². The van der Waals surface area contributed by atoms with E-state index in [4.69, 9.17) is 0 Å². The Kier molecular flexibility index (Phi) is 8.43. The first-order valence-corrected chi connectivity index (χ1v) is 13.5. The van der Waals surface area contributed by atoms with Crippen molar-refractivity contribution in [3.05, 3.63) is 164 Å². The molecule has 0 saturated carbocycles. The summed E-state index contributed by atoms with van der Waals surface area (Å²) in [5, 5.41) is 20.4. The third-order valence-electron chi connectivity index (χ3n) is 6.05. The van der Waals surface area contributed by atoms with Gasteiger partial charge in [0, 0.05) is 24.3 Å². The molecule has 0 saturated heterocycles. The van der Waals surface area contributed by atoms with Gasteiger partial charge in [-0.2, -0.15) is 0 Å². The van der Waals surface area contributed by atoms with Gasteiger partial charge in [-0.3, -0.25) is 20.2 Å². The van der Waals surface area contributed by atoms with Crippen LogP contribution >= 0.6 is 0 Å². The highest BCUT2D eigenvalue weighted by atomic mass is 32.2. The van der Waals surface area contributed by atoms with Gasteiger partial charge in [-0.05, 0) is 22.3 Å². The molecule has 4 aromatic rings. The SMILES string of the molecule is O=[N+]([O-])c1cccc(C(C=Cc2ccccc2)S(=O)(=O)C(C=Cc2ccccc2)c2cccc([N+](=O)[O-])c2)c1. The van der Waals surface area contributed by atoms with Gasteiger partial charge in [0.2, 0.25) is 0 Å². The van der Waals surface area contributed by atoms with Crippen LogP contribution in [0.25, 0.3) is 12.2 Å². The van der Waals surface area contributed by atoms with E-state index in [0.717, 1.165) is 11.1 Å². The summed E-state index contributed by atoms with van der Waals surface area (Å²) in [6, 6.07) is 29.1. The highest BCUT2D eigenvalue weighted by molar-refractivity contribution is 7.92. The first-order chi connectivity index (χ1) is 18.8. The molecule has 0 fully saturated rings. The van der Waals surface area contributed by atoms with Gasteiger partial charge in [-0.15, -0.1) is 0 Å². The van der Waals surface area contributed by atoms with Crippen LogP contribution in [-0.2, 0) is 9.84 Å². The summed E-state index contributed by atoms with van der Waals surface area (Å²) in [7, 11) is -4.21. The predicted octanol–water partition coefficient (Wildman–Crippen LogP) is 7.13. The van der Waals surface area contributed by atoms with Crippen molar-refractivity contribution in [2.45, 2.75) is 10.5 Å². The quantitative estimate of drug-likeness (QED) is 0.156. The zero-order valence-electron chi connectivity index (χ0n) is 20.6. The fourth-order valence-electron chi connectivity index (χ4n) is 4.13. The highest BCUT2D eigenvalue weighted by Crippen LogP contribution is 2.39. The van der Waals surface area contributed by atoms with Crippen LogP contribution in [-0.4, -0.2) is 18.3 Å². The summed E-state index contributed by atoms with van der Waals surface area (Å²) < 4.78 is 28.8. The molecule has 0 bridgehead atoms. The summed E-state index contributed by atoms with van der Waals surface area (Å²) >= 11 is 0. The molecular formula is C30H24N2O6S. The largest absolute Gasteiger partial charge is 0.269 e. The molecule has 9 heteroatoms. The second kappa shape index (κ2) is 12.1. The number of nitro groups is 2. The maximum absolute atomic E-state index is 14.4. The predicted molar refractivity (Wildman–Crippen MR) is 152 cm³/mol. The molecule has 0 amide bonds. The van der Waals surface area contributed by atoms with Crippen molar-refractivity contribution in [1.29, 1.82) is 0 Å². The third-order valence-corrected chi connectivity index (χ3v) is 8.33. The van der Waals surface area contributed by atoms with E-state index in [1.165, 1.54) is 60.7 Å². The van der Waals surface area contributed by atoms with Crippen LogP contribution < -0.4 is 0 Å². The zero-order valence-corrected chi connectivity index (χ0v) is 21.4. The van der Waals surface area contributed by atoms with Gasteiger partial charge in [0.25, 0.3) is 11.4 Å². The molecule has 2 atom stereocenters. The van der Waals surface area contributed by atoms with E-state index in [2.05, 4.69) is 0 Å². The molecule has 39 heavy (non-hydrogen) atoms. The fraction of sp³-hybridized carbons (Fsp3) is 0.0667. The zero-order chi connectivity index (χ0) is 27.8. The smallest absolute Gasteiger partial charge is 0.258 e. The van der Waals surface area contributed by atoms with Gasteiger partial charge in [-0.25, -0.2) is 8.42 Å². The van der Waals surface area contributed by atoms with Crippen LogP contribution in [0.1, 0.15) is 32.8 Å². The fourth-order valence-corrected chi connectivity index (χ4v) is 6.10. The van der Waals surface area contributed by atoms with E-state index >= 15 is 0 Å². The third kappa shape index (κ3) is 6.71. The highest BCUT2D eigenvalue weighted by Gasteiger charge is 2.34. The van der Waals surface area contributed by atoms with Crippen LogP contribution in [0.4, 0.5) is 11.4 Å². The van der Waals surface area contributed by atoms with E-state index in [-0.39, 0.29) is 22.5 Å². The second-order valence-corrected chi connectivity index (χ2v) is 10.9. The molecule has 0 N–H and O–H groups in total. The maximum atomic E-state index is 14.4. The van der Waals surface area contributed by atoms with Gasteiger partial charge in [0.15, 0.2) is 9.84 Å². The Morgan fingerprint density at radius 2 is 0.949 bits per heavy atom. The van der Waals surface area contributed by atoms with Crippen molar-refractivity contribution in [2.75, 3.05) is 0 Å². The Labute approximate surface area is 225 Å². The Morgan fingerprint density at radius 3 is 1.31 bits per heavy atom. The first-order valence-electron chi connectivity index (χ1n) is 11.9. The number of hydrogen-bond acceptors (Lipinski definition) is 6. The number of nitrogens with zero attached hydrogens (tertiary/aromatic N) is 2. The van der Waals surface area contributed by atoms with E-state index < -0.39 is 30.2 Å². The molecule has 4 aromatic carbocycles. The molecule has 0 aliphatic rings. The molecule has 0 radical (unpaired) electrons. The number of non-ortho nitro benzene ring substituents is 2. The van der Waals surface area contributed by atoms with Crippen molar-refractivity contribution in [1.82, 2.24) is 0 Å². The molecule has 0 aromatic heterocycles. The number of hydrogen-bond donors (Lipinski definition) is 0. The van der Waals surface area contributed by atoms with Crippen LogP contribution in [0, 0.1) is 20.2 Å². The minimum Gasteiger partial charge on any atom is -0.258 e. The van der Waals surface area contributed by atoms with Crippen molar-refractivity contribution in [2.24, 2.45) is 0 Å². The first kappa shape index (κ1) is 27.2. The van der Waals surface area contributed by atoms with Crippen molar-refractivity contribution < 1.29 is 18.3 Å². The topological polar surface area (TPSA) is 120 Å². The number of sulfone groups is 1. The number of benzene rings is 4. The summed E-state index contributed by atoms with van der Waals surface area (Å²) in [4.78, 5) is 21.8. The number of rotatable bonds is 10. The Morgan fingerprint density at radius 1 is 0.564 bits per heavy atom. The van der Waals surface area contributed by atoms with Crippen LogP contribution in [0.2, 0.25) is 0 Å². The average Bonchev–Trinajstić information content (AvgIpc) is 2.94. The summed E-state index contributed by atoms with van der Waals surface area (Å²) in [6.45, 7) is 0. The lowest BCUT2D eigenvalue weighted by Gasteiger charge is -2.21. The lowest BCUT2D eigenvalue weighted by molar-refractivity contribution is -0.385. The van der Waals surface area contributed by atoms with Crippen molar-refractivity contribution >= 4 is 33.4 Å². The molecule has 8 nitrogen and oxygen atoms in total. The van der Waals surface area contributed by atoms with Crippen molar-refractivity contribution in [3.8, 4) is 0 Å². The van der Waals surface area contributed by atoms with E-state index in [0.29, 0.717) is 0 Å². The Balaban J connectivity index is 1.89. The number of nitro benzene ring substituents is 2. The van der Waals surface area contributed by atoms with Crippen LogP contribution in [0.3, 0.4) is 0 Å². The average molecular weight is 541 g/mol. The lowest BCUT2D eigenvalue weighted by atomic mass is 10.1. The van der Waals surface area contributed by atoms with Gasteiger partial charge in [0.1, 0.15) is 10.5 Å². The minimum absolute atomic E-state index is 0.208. The molecule has 2 unspecified atom stereocenters. The summed E-state index contributed by atoms with van der Waals surface area (Å²) in [6.07, 6.45) is 6.27. The normalized spacial score (nSPS) is 13.3. The standard InChI is InChI=1S/C30H24N2O6S/c33-31(34)27-15-7-13-25(21-27)29(19-17-23-9-3-1-4-10-23)39(37,38)30(20-18-24-11-5-2-6-12-24)26-14-8-16-28(22-26)32(35)36/h1-22,29-30H. The lowest BCUT2D eigenvalue weighted by Crippen LogP contribution is -2.19. The van der Waals surface area contributed by atoms with Crippen LogP contribution in [0.15, 0.2) is 121 Å². The van der Waals surface area contributed by atoms with E-state index in [9.17, 15) is 28.6 Å². The molecule has 0 spiro atoms. The van der Waals surface area contributed by atoms with Gasteiger partial charge >= 0.3 is 0 Å². The monoisotopic (exact) mass is 540 g/mol. The summed E-state index contributed by atoms with van der Waals surface area (Å²) in [5.41, 5.74) is 1.42. The molecule has 0 aliphatic heterocycles. The van der Waals surface area contributed by atoms with E-state index in [1.807, 2.05) is 36.4 Å².